The third-order valence-electron chi connectivity index (χ3n) is 7.24. The third-order valence-corrected chi connectivity index (χ3v) is 9.69. The molecule has 1 aromatic heterocycles. The quantitative estimate of drug-likeness (QED) is 0.191. The number of nitrogens with zero attached hydrogens (tertiary/aromatic N) is 3. The Morgan fingerprint density at radius 2 is 1.74 bits per heavy atom. The van der Waals surface area contributed by atoms with Crippen molar-refractivity contribution in [3.63, 3.8) is 0 Å². The molecule has 1 aliphatic rings. The fourth-order valence-electron chi connectivity index (χ4n) is 4.65. The van der Waals surface area contributed by atoms with Crippen molar-refractivity contribution in [1.29, 1.82) is 0 Å². The molecule has 2 N–H and O–H groups in total. The summed E-state index contributed by atoms with van der Waals surface area (Å²) in [6, 6.07) is 21.3. The first-order valence-electron chi connectivity index (χ1n) is 14.3. The number of carboxylic acid groups (broad SMARTS) is 1. The fourth-order valence-corrected chi connectivity index (χ4v) is 6.66. The summed E-state index contributed by atoms with van der Waals surface area (Å²) >= 11 is 1.46. The SMILES string of the molecule is COC(=O)c1ccc(COc2cccc(-c3csc(C#Cc4ccc(N5CCN(S(=O)(=O)NC(C)C(=O)O)CC5)cc4)n3)c2)cc1. The second kappa shape index (κ2) is 14.6. The van der Waals surface area contributed by atoms with Gasteiger partial charge in [0.15, 0.2) is 5.01 Å². The molecule has 0 spiro atoms. The summed E-state index contributed by atoms with van der Waals surface area (Å²) in [4.78, 5) is 29.4. The van der Waals surface area contributed by atoms with Gasteiger partial charge in [-0.3, -0.25) is 4.79 Å². The highest BCUT2D eigenvalue weighted by atomic mass is 32.2. The molecule has 2 heterocycles. The average molecular weight is 661 g/mol. The van der Waals surface area contributed by atoms with Gasteiger partial charge in [0.05, 0.1) is 18.4 Å². The lowest BCUT2D eigenvalue weighted by Crippen LogP contribution is -2.54. The van der Waals surface area contributed by atoms with Crippen molar-refractivity contribution in [3.05, 3.63) is 99.9 Å². The van der Waals surface area contributed by atoms with Gasteiger partial charge in [0.2, 0.25) is 0 Å². The monoisotopic (exact) mass is 660 g/mol. The van der Waals surface area contributed by atoms with Crippen LogP contribution in [0.25, 0.3) is 11.3 Å². The Morgan fingerprint density at radius 1 is 1.02 bits per heavy atom. The normalized spacial score (nSPS) is 14.2. The predicted molar refractivity (Wildman–Crippen MR) is 175 cm³/mol. The maximum absolute atomic E-state index is 12.5. The number of carbonyl (C=O) groups excluding carboxylic acids is 1. The zero-order valence-electron chi connectivity index (χ0n) is 25.2. The van der Waals surface area contributed by atoms with Crippen LogP contribution in [-0.2, 0) is 26.3 Å². The minimum atomic E-state index is -3.88. The molecule has 4 aromatic rings. The summed E-state index contributed by atoms with van der Waals surface area (Å²) in [6.07, 6.45) is 0. The van der Waals surface area contributed by atoms with Crippen LogP contribution in [0.2, 0.25) is 0 Å². The number of hydrogen-bond acceptors (Lipinski definition) is 9. The molecule has 0 amide bonds. The summed E-state index contributed by atoms with van der Waals surface area (Å²) in [5, 5.41) is 11.6. The molecule has 1 unspecified atom stereocenters. The third kappa shape index (κ3) is 8.29. The Morgan fingerprint density at radius 3 is 2.41 bits per heavy atom. The van der Waals surface area contributed by atoms with E-state index in [9.17, 15) is 18.0 Å². The van der Waals surface area contributed by atoms with E-state index in [4.69, 9.17) is 14.6 Å². The number of carbonyl (C=O) groups is 2. The van der Waals surface area contributed by atoms with Gasteiger partial charge in [-0.05, 0) is 66.9 Å². The summed E-state index contributed by atoms with van der Waals surface area (Å²) in [5.41, 5.74) is 4.89. The molecule has 1 fully saturated rings. The molecule has 1 aliphatic heterocycles. The van der Waals surface area contributed by atoms with E-state index in [0.29, 0.717) is 36.0 Å². The number of aliphatic carboxylic acids is 1. The van der Waals surface area contributed by atoms with E-state index in [1.165, 1.54) is 29.7 Å². The molecule has 0 bridgehead atoms. The van der Waals surface area contributed by atoms with E-state index >= 15 is 0 Å². The number of piperazine rings is 1. The summed E-state index contributed by atoms with van der Waals surface area (Å²) < 4.78 is 39.1. The maximum Gasteiger partial charge on any atom is 0.337 e. The number of anilines is 1. The van der Waals surface area contributed by atoms with E-state index in [1.807, 2.05) is 66.0 Å². The lowest BCUT2D eigenvalue weighted by molar-refractivity contribution is -0.138. The van der Waals surface area contributed by atoms with Crippen molar-refractivity contribution >= 4 is 39.2 Å². The molecule has 0 aliphatic carbocycles. The number of benzene rings is 3. The Labute approximate surface area is 271 Å². The van der Waals surface area contributed by atoms with Crippen molar-refractivity contribution in [2.24, 2.45) is 0 Å². The first-order chi connectivity index (χ1) is 22.1. The van der Waals surface area contributed by atoms with Gasteiger partial charge in [-0.2, -0.15) is 17.4 Å². The van der Waals surface area contributed by atoms with Gasteiger partial charge in [-0.15, -0.1) is 11.3 Å². The highest BCUT2D eigenvalue weighted by Gasteiger charge is 2.29. The van der Waals surface area contributed by atoms with Gasteiger partial charge >= 0.3 is 11.9 Å². The number of carboxylic acids is 1. The van der Waals surface area contributed by atoms with E-state index in [0.717, 1.165) is 28.1 Å². The molecule has 238 valence electrons. The molecule has 1 atom stereocenters. The van der Waals surface area contributed by atoms with Gasteiger partial charge in [0.1, 0.15) is 18.4 Å². The van der Waals surface area contributed by atoms with Gasteiger partial charge < -0.3 is 19.5 Å². The van der Waals surface area contributed by atoms with Crippen molar-refractivity contribution < 1.29 is 32.6 Å². The summed E-state index contributed by atoms with van der Waals surface area (Å²) in [5.74, 6) is 5.38. The lowest BCUT2D eigenvalue weighted by atomic mass is 10.1. The number of rotatable bonds is 10. The Bertz CT molecular complexity index is 1860. The van der Waals surface area contributed by atoms with E-state index in [-0.39, 0.29) is 19.1 Å². The minimum absolute atomic E-state index is 0.247. The van der Waals surface area contributed by atoms with Crippen molar-refractivity contribution in [3.8, 4) is 28.8 Å². The predicted octanol–water partition coefficient (Wildman–Crippen LogP) is 4.01. The van der Waals surface area contributed by atoms with Gasteiger partial charge in [-0.1, -0.05) is 30.2 Å². The average Bonchev–Trinajstić information content (AvgIpc) is 3.56. The molecule has 46 heavy (non-hydrogen) atoms. The van der Waals surface area contributed by atoms with E-state index in [2.05, 4.69) is 26.4 Å². The Hall–Kier alpha value is -4.74. The number of hydrogen-bond donors (Lipinski definition) is 2. The molecular weight excluding hydrogens is 629 g/mol. The molecule has 11 nitrogen and oxygen atoms in total. The number of methoxy groups -OCH3 is 1. The molecule has 13 heteroatoms. The van der Waals surface area contributed by atoms with Gasteiger partial charge in [-0.25, -0.2) is 9.78 Å². The largest absolute Gasteiger partial charge is 0.489 e. The number of nitrogens with one attached hydrogen (secondary N) is 1. The van der Waals surface area contributed by atoms with Crippen molar-refractivity contribution in [1.82, 2.24) is 14.0 Å². The van der Waals surface area contributed by atoms with Gasteiger partial charge in [0, 0.05) is 48.4 Å². The topological polar surface area (TPSA) is 138 Å². The van der Waals surface area contributed by atoms with E-state index in [1.54, 1.807) is 12.1 Å². The first kappa shape index (κ1) is 32.6. The highest BCUT2D eigenvalue weighted by Crippen LogP contribution is 2.26. The van der Waals surface area contributed by atoms with Crippen LogP contribution in [-0.4, -0.2) is 74.1 Å². The van der Waals surface area contributed by atoms with Crippen LogP contribution in [0.1, 0.15) is 33.4 Å². The molecule has 5 rings (SSSR count). The zero-order chi connectivity index (χ0) is 32.7. The molecule has 1 saturated heterocycles. The fraction of sp³-hybridized carbons (Fsp3) is 0.242. The Balaban J connectivity index is 1.15. The molecule has 3 aromatic carbocycles. The summed E-state index contributed by atoms with van der Waals surface area (Å²) in [6.45, 7) is 3.09. The van der Waals surface area contributed by atoms with Crippen LogP contribution in [0.4, 0.5) is 5.69 Å². The molecular formula is C33H32N4O7S2. The van der Waals surface area contributed by atoms with Crippen LogP contribution < -0.4 is 14.4 Å². The Kier molecular flexibility index (Phi) is 10.3. The number of aromatic nitrogens is 1. The van der Waals surface area contributed by atoms with Crippen LogP contribution >= 0.6 is 11.3 Å². The van der Waals surface area contributed by atoms with Crippen LogP contribution in [0.3, 0.4) is 0 Å². The molecule has 0 radical (unpaired) electrons. The lowest BCUT2D eigenvalue weighted by Gasteiger charge is -2.35. The smallest absolute Gasteiger partial charge is 0.337 e. The summed E-state index contributed by atoms with van der Waals surface area (Å²) in [7, 11) is -2.52. The standard InChI is InChI=1S/C33H32N4O7S2/c1-23(32(38)39)35-46(41,42)37-18-16-36(17-19-37)28-13-8-24(9-14-28)10-15-31-34-30(22-45-31)27-4-3-5-29(20-27)44-21-25-6-11-26(12-7-25)33(40)43-2/h3-9,11-14,20,22-23,35H,16-19,21H2,1-2H3,(H,38,39). The minimum Gasteiger partial charge on any atom is -0.489 e. The van der Waals surface area contributed by atoms with Gasteiger partial charge in [0.25, 0.3) is 10.2 Å². The van der Waals surface area contributed by atoms with Crippen LogP contribution in [0.15, 0.2) is 78.2 Å². The number of esters is 1. The second-order valence-electron chi connectivity index (χ2n) is 10.4. The number of ether oxygens (including phenoxy) is 2. The van der Waals surface area contributed by atoms with Crippen molar-refractivity contribution in [2.45, 2.75) is 19.6 Å². The second-order valence-corrected chi connectivity index (χ2v) is 13.0. The van der Waals surface area contributed by atoms with Crippen molar-refractivity contribution in [2.75, 3.05) is 38.2 Å². The number of thiazole rings is 1. The van der Waals surface area contributed by atoms with E-state index < -0.39 is 22.2 Å². The molecule has 0 saturated carbocycles. The van der Waals surface area contributed by atoms with Crippen LogP contribution in [0.5, 0.6) is 5.75 Å². The zero-order valence-corrected chi connectivity index (χ0v) is 26.8. The van der Waals surface area contributed by atoms with Crippen LogP contribution in [0, 0.1) is 11.8 Å². The highest BCUT2D eigenvalue weighted by molar-refractivity contribution is 7.87. The maximum atomic E-state index is 12.5. The first-order valence-corrected chi connectivity index (χ1v) is 16.7.